The van der Waals surface area contributed by atoms with Crippen LogP contribution in [0.25, 0.3) is 0 Å². The molecular weight excluding hydrogens is 690 g/mol. The van der Waals surface area contributed by atoms with Gasteiger partial charge in [0.25, 0.3) is 0 Å². The number of ketones is 1. The Hall–Kier alpha value is -2.71. The Morgan fingerprint density at radius 2 is 1.67 bits per heavy atom. The normalized spacial score (nSPS) is 32.6. The molecule has 9 atom stereocenters. The molecule has 2 heterocycles. The molecule has 2 fully saturated rings. The van der Waals surface area contributed by atoms with Crippen LogP contribution in [-0.4, -0.2) is 110 Å². The molecule has 2 saturated heterocycles. The van der Waals surface area contributed by atoms with Crippen LogP contribution < -0.4 is 5.32 Å². The van der Waals surface area contributed by atoms with Crippen molar-refractivity contribution in [2.24, 2.45) is 22.9 Å². The van der Waals surface area contributed by atoms with Gasteiger partial charge in [-0.3, -0.25) is 14.9 Å². The summed E-state index contributed by atoms with van der Waals surface area (Å²) in [6, 6.07) is 10.8. The molecular formula is C42H71N3O9. The number of cyclic esters (lactones) is 1. The third-order valence-electron chi connectivity index (χ3n) is 10.6. The minimum absolute atomic E-state index is 0.00373. The number of Topliss-reactive ketones (excluding diaryl/α,β-unsaturated/α-hetero) is 1. The SMILES string of the molecule is CC1CC(N(C)C)CC(O)O1.CC[C@H]1OC(=O)C(C)C(=O)[C@H](C)C[C@](C)(OC)C[C@@H](C)/C(=C\C=N\OCCCCc2ccccc2)CNC(O)OC1(C)C. The maximum atomic E-state index is 13.3. The second-order valence-electron chi connectivity index (χ2n) is 16.0. The summed E-state index contributed by atoms with van der Waals surface area (Å²) in [4.78, 5) is 33.9. The Morgan fingerprint density at radius 3 is 2.28 bits per heavy atom. The molecule has 0 amide bonds. The van der Waals surface area contributed by atoms with E-state index in [1.54, 1.807) is 34.1 Å². The van der Waals surface area contributed by atoms with E-state index in [-0.39, 0.29) is 17.8 Å². The molecule has 54 heavy (non-hydrogen) atoms. The number of hydrogen-bond acceptors (Lipinski definition) is 12. The topological polar surface area (TPSA) is 148 Å². The lowest BCUT2D eigenvalue weighted by Gasteiger charge is -2.37. The standard InChI is InChI=1S/C34H54N2O7.C8H17NO2/c1-9-29-33(5,6)43-32(39)35-23-28(18-19-36-41-20-14-13-17-27-15-11-10-12-16-27)24(2)21-34(7,40-8)22-25(3)30(37)26(4)31(38)42-29;1-6-4-7(9(2)3)5-8(10)11-6/h10-12,15-16,18-19,24-26,29,32,35,39H,9,13-14,17,20-23H2,1-8H3;6-8,10H,4-5H2,1-3H3/b28-18-,36-19+;/t24-,25-,26?,29-,32?,34-;/m1./s1. The molecule has 3 rings (SSSR count). The summed E-state index contributed by atoms with van der Waals surface area (Å²) in [5.41, 5.74) is 0.624. The number of unbranched alkanes of at least 4 members (excludes halogenated alkanes) is 1. The Bertz CT molecular complexity index is 1300. The van der Waals surface area contributed by atoms with Crippen LogP contribution in [0, 0.1) is 17.8 Å². The predicted molar refractivity (Wildman–Crippen MR) is 212 cm³/mol. The first-order chi connectivity index (χ1) is 25.4. The van der Waals surface area contributed by atoms with E-state index in [0.29, 0.717) is 38.5 Å². The lowest BCUT2D eigenvalue weighted by atomic mass is 9.79. The number of nitrogens with zero attached hydrogens (tertiary/aromatic N) is 2. The lowest BCUT2D eigenvalue weighted by molar-refractivity contribution is -0.227. The van der Waals surface area contributed by atoms with Crippen molar-refractivity contribution in [2.75, 3.05) is 34.4 Å². The van der Waals surface area contributed by atoms with Crippen LogP contribution in [0.1, 0.15) is 106 Å². The Kier molecular flexibility index (Phi) is 20.5. The maximum Gasteiger partial charge on any atom is 0.316 e. The second kappa shape index (κ2) is 23.4. The molecule has 308 valence electrons. The quantitative estimate of drug-likeness (QED) is 0.0844. The summed E-state index contributed by atoms with van der Waals surface area (Å²) in [5, 5.41) is 27.2. The number of allylic oxidation sites excluding steroid dienone is 1. The number of aryl methyl sites for hydroxylation is 1. The average molecular weight is 762 g/mol. The highest BCUT2D eigenvalue weighted by atomic mass is 16.7. The van der Waals surface area contributed by atoms with Gasteiger partial charge in [-0.15, -0.1) is 0 Å². The van der Waals surface area contributed by atoms with Gasteiger partial charge in [-0.1, -0.05) is 61.8 Å². The van der Waals surface area contributed by atoms with Gasteiger partial charge in [0.1, 0.15) is 30.0 Å². The third kappa shape index (κ3) is 16.6. The van der Waals surface area contributed by atoms with Crippen LogP contribution >= 0.6 is 0 Å². The minimum Gasteiger partial charge on any atom is -0.459 e. The number of carbonyl (C=O) groups excluding carboxylic acids is 2. The molecule has 2 aliphatic heterocycles. The van der Waals surface area contributed by atoms with E-state index in [2.05, 4.69) is 34.4 Å². The summed E-state index contributed by atoms with van der Waals surface area (Å²) in [6.45, 7) is 15.7. The van der Waals surface area contributed by atoms with Crippen molar-refractivity contribution in [3.8, 4) is 0 Å². The molecule has 0 spiro atoms. The van der Waals surface area contributed by atoms with Gasteiger partial charge >= 0.3 is 5.97 Å². The predicted octanol–water partition coefficient (Wildman–Crippen LogP) is 6.03. The largest absolute Gasteiger partial charge is 0.459 e. The first-order valence-corrected chi connectivity index (χ1v) is 19.7. The lowest BCUT2D eigenvalue weighted by Crippen LogP contribution is -2.49. The van der Waals surface area contributed by atoms with Crippen LogP contribution in [0.5, 0.6) is 0 Å². The van der Waals surface area contributed by atoms with Gasteiger partial charge in [-0.05, 0) is 111 Å². The number of aliphatic hydroxyl groups excluding tert-OH is 2. The van der Waals surface area contributed by atoms with E-state index in [1.165, 1.54) is 5.56 Å². The zero-order valence-corrected chi connectivity index (χ0v) is 34.9. The summed E-state index contributed by atoms with van der Waals surface area (Å²) in [7, 11) is 5.71. The number of oxime groups is 1. The molecule has 0 aromatic heterocycles. The molecule has 2 aliphatic rings. The number of hydrogen-bond donors (Lipinski definition) is 3. The van der Waals surface area contributed by atoms with E-state index < -0.39 is 47.8 Å². The number of esters is 1. The monoisotopic (exact) mass is 762 g/mol. The van der Waals surface area contributed by atoms with Crippen molar-refractivity contribution >= 4 is 18.0 Å². The fourth-order valence-electron chi connectivity index (χ4n) is 7.16. The van der Waals surface area contributed by atoms with Gasteiger partial charge in [-0.2, -0.15) is 0 Å². The molecule has 5 unspecified atom stereocenters. The van der Waals surface area contributed by atoms with Crippen LogP contribution in [0.3, 0.4) is 0 Å². The second-order valence-corrected chi connectivity index (χ2v) is 16.0. The smallest absolute Gasteiger partial charge is 0.316 e. The molecule has 12 nitrogen and oxygen atoms in total. The van der Waals surface area contributed by atoms with Gasteiger partial charge < -0.3 is 38.9 Å². The molecule has 0 radical (unpaired) electrons. The highest BCUT2D eigenvalue weighted by molar-refractivity contribution is 5.99. The fourth-order valence-corrected chi connectivity index (χ4v) is 7.16. The van der Waals surface area contributed by atoms with Crippen LogP contribution in [0.15, 0.2) is 47.1 Å². The first-order valence-electron chi connectivity index (χ1n) is 19.7. The number of aliphatic hydroxyl groups is 2. The summed E-state index contributed by atoms with van der Waals surface area (Å²) < 4.78 is 22.8. The number of methoxy groups -OCH3 is 1. The van der Waals surface area contributed by atoms with Gasteiger partial charge in [0, 0.05) is 32.0 Å². The van der Waals surface area contributed by atoms with Crippen molar-refractivity contribution in [3.63, 3.8) is 0 Å². The number of nitrogens with one attached hydrogen (secondary N) is 1. The Balaban J connectivity index is 0.000000780. The Labute approximate surface area is 325 Å². The van der Waals surface area contributed by atoms with Crippen LogP contribution in [-0.2, 0) is 39.8 Å². The Morgan fingerprint density at radius 1 is 1.00 bits per heavy atom. The van der Waals surface area contributed by atoms with E-state index in [4.69, 9.17) is 23.8 Å². The van der Waals surface area contributed by atoms with E-state index in [9.17, 15) is 19.8 Å². The van der Waals surface area contributed by atoms with Crippen molar-refractivity contribution in [1.82, 2.24) is 10.2 Å². The van der Waals surface area contributed by atoms with Gasteiger partial charge in [0.2, 0.25) is 6.41 Å². The molecule has 12 heteroatoms. The average Bonchev–Trinajstić information content (AvgIpc) is 3.11. The van der Waals surface area contributed by atoms with Gasteiger partial charge in [0.05, 0.1) is 17.9 Å². The summed E-state index contributed by atoms with van der Waals surface area (Å²) in [5.74, 6) is -2.13. The molecule has 0 aliphatic carbocycles. The molecule has 1 aromatic carbocycles. The van der Waals surface area contributed by atoms with Crippen LogP contribution in [0.2, 0.25) is 0 Å². The van der Waals surface area contributed by atoms with E-state index in [0.717, 1.165) is 37.7 Å². The van der Waals surface area contributed by atoms with Gasteiger partial charge in [0.15, 0.2) is 6.29 Å². The third-order valence-corrected chi connectivity index (χ3v) is 10.6. The molecule has 0 bridgehead atoms. The van der Waals surface area contributed by atoms with Crippen molar-refractivity contribution < 1.29 is 43.6 Å². The van der Waals surface area contributed by atoms with Gasteiger partial charge in [-0.25, -0.2) is 0 Å². The van der Waals surface area contributed by atoms with E-state index >= 15 is 0 Å². The van der Waals surface area contributed by atoms with Crippen molar-refractivity contribution in [2.45, 2.75) is 149 Å². The molecule has 3 N–H and O–H groups in total. The number of carbonyl (C=O) groups is 2. The zero-order chi connectivity index (χ0) is 40.5. The minimum atomic E-state index is -1.32. The van der Waals surface area contributed by atoms with Crippen molar-refractivity contribution in [1.29, 1.82) is 0 Å². The maximum absolute atomic E-state index is 13.3. The molecule has 0 saturated carbocycles. The highest BCUT2D eigenvalue weighted by Crippen LogP contribution is 2.33. The number of ether oxygens (including phenoxy) is 4. The van der Waals surface area contributed by atoms with Crippen molar-refractivity contribution in [3.05, 3.63) is 47.5 Å². The highest BCUT2D eigenvalue weighted by Gasteiger charge is 2.39. The molecule has 1 aromatic rings. The first kappa shape index (κ1) is 47.4. The summed E-state index contributed by atoms with van der Waals surface area (Å²) in [6.07, 6.45) is 7.32. The van der Waals surface area contributed by atoms with Crippen LogP contribution in [0.4, 0.5) is 0 Å². The number of rotatable bonds is 10. The van der Waals surface area contributed by atoms with E-state index in [1.807, 2.05) is 66.1 Å². The number of benzene rings is 1. The fraction of sp³-hybridized carbons (Fsp3) is 0.738. The zero-order valence-electron chi connectivity index (χ0n) is 34.9. The summed E-state index contributed by atoms with van der Waals surface area (Å²) >= 11 is 0.